The van der Waals surface area contributed by atoms with Gasteiger partial charge in [0.2, 0.25) is 5.96 Å². The average molecular weight is 241 g/mol. The zero-order valence-corrected chi connectivity index (χ0v) is 9.13. The zero-order chi connectivity index (χ0) is 12.6. The average Bonchev–Trinajstić information content (AvgIpc) is 2.41. The molecule has 0 aromatic carbocycles. The summed E-state index contributed by atoms with van der Waals surface area (Å²) in [5, 5.41) is 0. The lowest BCUT2D eigenvalue weighted by atomic mass is 10.2. The maximum absolute atomic E-state index is 11.7. The number of amides is 1. The number of esters is 2. The lowest BCUT2D eigenvalue weighted by Crippen LogP contribution is -2.57. The van der Waals surface area contributed by atoms with Crippen molar-refractivity contribution in [2.45, 2.75) is 25.2 Å². The topological polar surface area (TPSA) is 111 Å². The van der Waals surface area contributed by atoms with Gasteiger partial charge in [0.1, 0.15) is 0 Å². The van der Waals surface area contributed by atoms with Crippen LogP contribution in [0.3, 0.4) is 0 Å². The second-order valence-electron chi connectivity index (χ2n) is 3.72. The first-order valence-electron chi connectivity index (χ1n) is 5.02. The summed E-state index contributed by atoms with van der Waals surface area (Å²) in [5.74, 6) is -4.51. The highest BCUT2D eigenvalue weighted by Gasteiger charge is 2.57. The molecule has 17 heavy (non-hydrogen) atoms. The van der Waals surface area contributed by atoms with Crippen LogP contribution in [0.1, 0.15) is 19.3 Å². The first-order valence-corrected chi connectivity index (χ1v) is 5.02. The van der Waals surface area contributed by atoms with Crippen molar-refractivity contribution in [2.75, 3.05) is 7.05 Å². The van der Waals surface area contributed by atoms with Gasteiger partial charge in [-0.3, -0.25) is 19.3 Å². The van der Waals surface area contributed by atoms with Crippen LogP contribution in [-0.2, 0) is 23.9 Å². The highest BCUT2D eigenvalue weighted by Crippen LogP contribution is 2.28. The van der Waals surface area contributed by atoms with Crippen LogP contribution in [0.15, 0.2) is 4.99 Å². The molecule has 8 heteroatoms. The molecule has 0 radical (unpaired) electrons. The largest absolute Gasteiger partial charge is 0.431 e. The molecule has 1 spiro atoms. The van der Waals surface area contributed by atoms with Gasteiger partial charge in [-0.15, -0.1) is 0 Å². The predicted molar refractivity (Wildman–Crippen MR) is 53.2 cm³/mol. The molecule has 8 nitrogen and oxygen atoms in total. The van der Waals surface area contributed by atoms with Gasteiger partial charge in [0.05, 0.1) is 0 Å². The highest BCUT2D eigenvalue weighted by molar-refractivity contribution is 6.04. The van der Waals surface area contributed by atoms with E-state index in [0.29, 0.717) is 6.42 Å². The van der Waals surface area contributed by atoms with Crippen molar-refractivity contribution in [1.82, 2.24) is 4.90 Å². The number of hydrogen-bond acceptors (Lipinski definition) is 7. The normalized spacial score (nSPS) is 23.9. The van der Waals surface area contributed by atoms with Gasteiger partial charge in [0, 0.05) is 19.9 Å². The zero-order valence-electron chi connectivity index (χ0n) is 9.13. The summed E-state index contributed by atoms with van der Waals surface area (Å²) in [6.07, 6.45) is 0.401. The van der Waals surface area contributed by atoms with Gasteiger partial charge in [-0.05, 0) is 6.42 Å². The highest BCUT2D eigenvalue weighted by atomic mass is 16.8. The lowest BCUT2D eigenvalue weighted by molar-refractivity contribution is -0.255. The minimum Gasteiger partial charge on any atom is -0.396 e. The Balaban J connectivity index is 2.35. The fraction of sp³-hybridized carbons (Fsp3) is 0.556. The molecule has 0 saturated carbocycles. The molecule has 0 aliphatic carbocycles. The lowest BCUT2D eigenvalue weighted by Gasteiger charge is -2.33. The van der Waals surface area contributed by atoms with Crippen molar-refractivity contribution in [1.29, 1.82) is 0 Å². The van der Waals surface area contributed by atoms with Crippen molar-refractivity contribution in [2.24, 2.45) is 10.7 Å². The Labute approximate surface area is 96.4 Å². The van der Waals surface area contributed by atoms with Crippen LogP contribution in [-0.4, -0.2) is 41.7 Å². The minimum absolute atomic E-state index is 0.0396. The van der Waals surface area contributed by atoms with Crippen LogP contribution < -0.4 is 5.73 Å². The van der Waals surface area contributed by atoms with E-state index in [9.17, 15) is 14.4 Å². The van der Waals surface area contributed by atoms with Gasteiger partial charge in [0.15, 0.2) is 0 Å². The predicted octanol–water partition coefficient (Wildman–Crippen LogP) is -1.30. The molecule has 2 aliphatic heterocycles. The maximum Gasteiger partial charge on any atom is 0.431 e. The van der Waals surface area contributed by atoms with Gasteiger partial charge < -0.3 is 15.2 Å². The molecule has 0 atom stereocenters. The Bertz CT molecular complexity index is 412. The number of carbonyl (C=O) groups excluding carboxylic acids is 3. The summed E-state index contributed by atoms with van der Waals surface area (Å²) in [5.41, 5.74) is 5.43. The number of aliphatic imine (C=N–C) groups is 1. The number of ether oxygens (including phenoxy) is 2. The molecule has 2 heterocycles. The molecule has 2 N–H and O–H groups in total. The van der Waals surface area contributed by atoms with E-state index in [1.807, 2.05) is 0 Å². The standard InChI is InChI=1S/C9H11N3O5/c1-12-8(10)11-7(15)9(12)16-5(13)3-2-4-6(14)17-9/h2-4H2,1H3,(H2,10,11,15). The molecule has 92 valence electrons. The molecule has 0 bridgehead atoms. The molecule has 1 saturated heterocycles. The van der Waals surface area contributed by atoms with Crippen LogP contribution in [0.25, 0.3) is 0 Å². The van der Waals surface area contributed by atoms with Gasteiger partial charge >= 0.3 is 23.8 Å². The van der Waals surface area contributed by atoms with Gasteiger partial charge in [0.25, 0.3) is 0 Å². The van der Waals surface area contributed by atoms with E-state index in [4.69, 9.17) is 15.2 Å². The van der Waals surface area contributed by atoms with Crippen LogP contribution in [0, 0.1) is 0 Å². The Morgan fingerprint density at radius 2 is 1.76 bits per heavy atom. The Morgan fingerprint density at radius 3 is 2.18 bits per heavy atom. The van der Waals surface area contributed by atoms with E-state index in [1.165, 1.54) is 7.05 Å². The second-order valence-corrected chi connectivity index (χ2v) is 3.72. The molecule has 0 aromatic rings. The first kappa shape index (κ1) is 11.4. The van der Waals surface area contributed by atoms with Crippen molar-refractivity contribution < 1.29 is 23.9 Å². The fourth-order valence-electron chi connectivity index (χ4n) is 1.58. The van der Waals surface area contributed by atoms with E-state index < -0.39 is 23.8 Å². The van der Waals surface area contributed by atoms with E-state index in [-0.39, 0.29) is 18.8 Å². The summed E-state index contributed by atoms with van der Waals surface area (Å²) < 4.78 is 9.81. The number of hydrogen-bond donors (Lipinski definition) is 1. The molecule has 0 unspecified atom stereocenters. The fourth-order valence-corrected chi connectivity index (χ4v) is 1.58. The maximum atomic E-state index is 11.7. The Kier molecular flexibility index (Phi) is 2.49. The molecule has 2 aliphatic rings. The van der Waals surface area contributed by atoms with Crippen molar-refractivity contribution in [3.8, 4) is 0 Å². The van der Waals surface area contributed by atoms with Crippen molar-refractivity contribution >= 4 is 23.8 Å². The Hall–Kier alpha value is -2.12. The molecule has 1 fully saturated rings. The van der Waals surface area contributed by atoms with Crippen molar-refractivity contribution in [3.05, 3.63) is 0 Å². The van der Waals surface area contributed by atoms with E-state index in [2.05, 4.69) is 4.99 Å². The second kappa shape index (κ2) is 3.72. The van der Waals surface area contributed by atoms with Gasteiger partial charge in [-0.25, -0.2) is 0 Å². The van der Waals surface area contributed by atoms with E-state index in [0.717, 1.165) is 4.90 Å². The molecular formula is C9H11N3O5. The summed E-state index contributed by atoms with van der Waals surface area (Å²) in [7, 11) is 1.35. The summed E-state index contributed by atoms with van der Waals surface area (Å²) in [6.45, 7) is 0. The van der Waals surface area contributed by atoms with Crippen LogP contribution >= 0.6 is 0 Å². The monoisotopic (exact) mass is 241 g/mol. The smallest absolute Gasteiger partial charge is 0.396 e. The van der Waals surface area contributed by atoms with Gasteiger partial charge in [-0.1, -0.05) is 0 Å². The first-order chi connectivity index (χ1) is 7.95. The molecule has 1 amide bonds. The summed E-state index contributed by atoms with van der Waals surface area (Å²) in [4.78, 5) is 38.9. The third-order valence-corrected chi connectivity index (χ3v) is 2.54. The number of likely N-dealkylation sites (N-methyl/N-ethyl adjacent to an activating group) is 1. The van der Waals surface area contributed by atoms with Crippen LogP contribution in [0.2, 0.25) is 0 Å². The number of nitrogens with zero attached hydrogens (tertiary/aromatic N) is 2. The quantitative estimate of drug-likeness (QED) is 0.524. The summed E-state index contributed by atoms with van der Waals surface area (Å²) in [6, 6.07) is 0. The molecular weight excluding hydrogens is 230 g/mol. The summed E-state index contributed by atoms with van der Waals surface area (Å²) >= 11 is 0. The van der Waals surface area contributed by atoms with Crippen LogP contribution in [0.4, 0.5) is 0 Å². The third-order valence-electron chi connectivity index (χ3n) is 2.54. The number of rotatable bonds is 0. The minimum atomic E-state index is -2.15. The Morgan fingerprint density at radius 1 is 1.24 bits per heavy atom. The van der Waals surface area contributed by atoms with E-state index in [1.54, 1.807) is 0 Å². The van der Waals surface area contributed by atoms with Crippen molar-refractivity contribution in [3.63, 3.8) is 0 Å². The molecule has 2 rings (SSSR count). The van der Waals surface area contributed by atoms with Gasteiger partial charge in [-0.2, -0.15) is 4.99 Å². The molecule has 0 aromatic heterocycles. The number of carbonyl (C=O) groups is 3. The number of nitrogens with two attached hydrogens (primary N) is 1. The third kappa shape index (κ3) is 1.71. The van der Waals surface area contributed by atoms with E-state index >= 15 is 0 Å². The number of guanidine groups is 1. The van der Waals surface area contributed by atoms with Crippen LogP contribution in [0.5, 0.6) is 0 Å². The SMILES string of the molecule is CN1C(N)=NC(=O)C12OC(=O)CCCC(=O)O2.